The maximum Gasteiger partial charge on any atom is 0.322 e. The van der Waals surface area contributed by atoms with E-state index in [0.29, 0.717) is 6.61 Å². The van der Waals surface area contributed by atoms with Crippen molar-refractivity contribution in [3.63, 3.8) is 0 Å². The van der Waals surface area contributed by atoms with Gasteiger partial charge in [0, 0.05) is 4.20 Å². The van der Waals surface area contributed by atoms with Crippen molar-refractivity contribution in [1.82, 2.24) is 0 Å². The number of allylic oxidation sites excluding steroid dienone is 1. The molecule has 4 heteroatoms. The Hall–Kier alpha value is -0.350. The molecule has 0 fully saturated rings. The molecule has 25 heavy (non-hydrogen) atoms. The monoisotopic (exact) mass is 386 g/mol. The van der Waals surface area contributed by atoms with Gasteiger partial charge in [-0.05, 0) is 33.6 Å². The summed E-state index contributed by atoms with van der Waals surface area (Å²) in [6, 6.07) is 0. The minimum Gasteiger partial charge on any atom is -0.460 e. The molecular formula is C21H38O2S2. The van der Waals surface area contributed by atoms with Crippen molar-refractivity contribution in [1.29, 1.82) is 0 Å². The molecule has 2 nitrogen and oxygen atoms in total. The van der Waals surface area contributed by atoms with Crippen LogP contribution in [0.5, 0.6) is 0 Å². The Morgan fingerprint density at radius 3 is 2.04 bits per heavy atom. The van der Waals surface area contributed by atoms with E-state index in [-0.39, 0.29) is 5.97 Å². The third-order valence-electron chi connectivity index (χ3n) is 4.14. The number of hydrogen-bond donors (Lipinski definition) is 0. The molecule has 0 heterocycles. The fraction of sp³-hybridized carbons (Fsp3) is 0.810. The maximum atomic E-state index is 12.1. The summed E-state index contributed by atoms with van der Waals surface area (Å²) in [5.74, 6) is -0.193. The topological polar surface area (TPSA) is 26.3 Å². The standard InChI is InChI=1S/C21H38O2S2/c1-5-7-9-10-11-12-13-14-15-16-17-19(24)25-21(3,4)20(22)23-18-8-6-2/h6,8H,5,7,9-18H2,1-4H3. The zero-order chi connectivity index (χ0) is 19.0. The average Bonchev–Trinajstić information content (AvgIpc) is 2.56. The number of carbonyl (C=O) groups is 1. The predicted molar refractivity (Wildman–Crippen MR) is 117 cm³/mol. The lowest BCUT2D eigenvalue weighted by atomic mass is 10.1. The van der Waals surface area contributed by atoms with Crippen LogP contribution >= 0.6 is 24.0 Å². The Morgan fingerprint density at radius 2 is 1.52 bits per heavy atom. The second-order valence-electron chi connectivity index (χ2n) is 7.08. The lowest BCUT2D eigenvalue weighted by Gasteiger charge is -2.21. The Balaban J connectivity index is 3.70. The van der Waals surface area contributed by atoms with Gasteiger partial charge in [-0.15, -0.1) is 11.8 Å². The van der Waals surface area contributed by atoms with Gasteiger partial charge in [-0.1, -0.05) is 89.1 Å². The summed E-state index contributed by atoms with van der Waals surface area (Å²) >= 11 is 6.94. The van der Waals surface area contributed by atoms with E-state index < -0.39 is 4.75 Å². The average molecular weight is 387 g/mol. The first-order chi connectivity index (χ1) is 11.9. The highest BCUT2D eigenvalue weighted by Crippen LogP contribution is 2.29. The van der Waals surface area contributed by atoms with Gasteiger partial charge in [0.2, 0.25) is 0 Å². The van der Waals surface area contributed by atoms with Crippen molar-refractivity contribution in [3.05, 3.63) is 12.2 Å². The van der Waals surface area contributed by atoms with Crippen LogP contribution in [0.4, 0.5) is 0 Å². The van der Waals surface area contributed by atoms with Crippen molar-refractivity contribution in [2.24, 2.45) is 0 Å². The van der Waals surface area contributed by atoms with E-state index in [1.807, 2.05) is 32.9 Å². The number of rotatable bonds is 15. The molecule has 0 aliphatic heterocycles. The molecule has 0 aliphatic carbocycles. The van der Waals surface area contributed by atoms with Crippen LogP contribution in [0, 0.1) is 0 Å². The van der Waals surface area contributed by atoms with Gasteiger partial charge in [-0.2, -0.15) is 0 Å². The molecule has 0 spiro atoms. The van der Waals surface area contributed by atoms with Crippen molar-refractivity contribution in [2.45, 2.75) is 103 Å². The number of esters is 1. The number of hydrogen-bond acceptors (Lipinski definition) is 4. The second kappa shape index (κ2) is 15.9. The summed E-state index contributed by atoms with van der Waals surface area (Å²) in [7, 11) is 0. The van der Waals surface area contributed by atoms with Gasteiger partial charge >= 0.3 is 5.97 Å². The van der Waals surface area contributed by atoms with E-state index in [1.165, 1.54) is 69.5 Å². The van der Waals surface area contributed by atoms with Gasteiger partial charge in [0.15, 0.2) is 0 Å². The fourth-order valence-electron chi connectivity index (χ4n) is 2.53. The van der Waals surface area contributed by atoms with E-state index in [0.717, 1.165) is 17.0 Å². The third kappa shape index (κ3) is 14.5. The zero-order valence-corrected chi connectivity index (χ0v) is 18.4. The summed E-state index contributed by atoms with van der Waals surface area (Å²) in [6.45, 7) is 8.29. The highest BCUT2D eigenvalue weighted by atomic mass is 32.2. The van der Waals surface area contributed by atoms with Gasteiger partial charge in [0.05, 0.1) is 0 Å². The molecule has 0 atom stereocenters. The predicted octanol–water partition coefficient (Wildman–Crippen LogP) is 7.26. The summed E-state index contributed by atoms with van der Waals surface area (Å²) in [5, 5.41) is 0. The Labute approximate surface area is 165 Å². The molecule has 0 saturated carbocycles. The molecular weight excluding hydrogens is 348 g/mol. The van der Waals surface area contributed by atoms with Gasteiger partial charge in [0.25, 0.3) is 0 Å². The van der Waals surface area contributed by atoms with E-state index in [2.05, 4.69) is 6.92 Å². The van der Waals surface area contributed by atoms with Crippen LogP contribution in [-0.2, 0) is 9.53 Å². The van der Waals surface area contributed by atoms with Crippen molar-refractivity contribution < 1.29 is 9.53 Å². The summed E-state index contributed by atoms with van der Waals surface area (Å²) in [4.78, 5) is 12.1. The molecule has 0 amide bonds. The van der Waals surface area contributed by atoms with Crippen LogP contribution in [0.3, 0.4) is 0 Å². The van der Waals surface area contributed by atoms with Crippen LogP contribution in [0.15, 0.2) is 12.2 Å². The summed E-state index contributed by atoms with van der Waals surface area (Å²) in [5.41, 5.74) is 0. The number of carbonyl (C=O) groups excluding carboxylic acids is 1. The number of thiocarbonyl (C=S) groups is 1. The molecule has 0 rings (SSSR count). The summed E-state index contributed by atoms with van der Waals surface area (Å²) < 4.78 is 5.57. The van der Waals surface area contributed by atoms with E-state index in [9.17, 15) is 4.79 Å². The van der Waals surface area contributed by atoms with Crippen LogP contribution in [0.2, 0.25) is 0 Å². The SMILES string of the molecule is CC=CCOC(=O)C(C)(C)SC(=S)CCCCCCCCCCCC. The molecule has 0 radical (unpaired) electrons. The van der Waals surface area contributed by atoms with Crippen LogP contribution in [-0.4, -0.2) is 21.5 Å². The normalized spacial score (nSPS) is 11.8. The maximum absolute atomic E-state index is 12.1. The first-order valence-corrected chi connectivity index (χ1v) is 11.2. The summed E-state index contributed by atoms with van der Waals surface area (Å²) in [6.07, 6.45) is 17.9. The highest BCUT2D eigenvalue weighted by Gasteiger charge is 2.31. The van der Waals surface area contributed by atoms with Gasteiger partial charge in [-0.25, -0.2) is 0 Å². The minimum atomic E-state index is -0.600. The first kappa shape index (κ1) is 24.7. The third-order valence-corrected chi connectivity index (χ3v) is 5.70. The molecule has 0 N–H and O–H groups in total. The van der Waals surface area contributed by atoms with E-state index >= 15 is 0 Å². The quantitative estimate of drug-likeness (QED) is 0.128. The smallest absolute Gasteiger partial charge is 0.322 e. The molecule has 0 saturated heterocycles. The van der Waals surface area contributed by atoms with Gasteiger partial charge in [-0.3, -0.25) is 4.79 Å². The molecule has 0 bridgehead atoms. The molecule has 0 aromatic rings. The molecule has 0 aromatic carbocycles. The lowest BCUT2D eigenvalue weighted by molar-refractivity contribution is -0.144. The Morgan fingerprint density at radius 1 is 1.00 bits per heavy atom. The van der Waals surface area contributed by atoms with Crippen LogP contribution in [0.1, 0.15) is 98.3 Å². The van der Waals surface area contributed by atoms with E-state index in [1.54, 1.807) is 0 Å². The lowest BCUT2D eigenvalue weighted by Crippen LogP contribution is -2.31. The van der Waals surface area contributed by atoms with Crippen molar-refractivity contribution in [2.75, 3.05) is 6.61 Å². The molecule has 0 aliphatic rings. The van der Waals surface area contributed by atoms with Crippen LogP contribution in [0.25, 0.3) is 0 Å². The van der Waals surface area contributed by atoms with Crippen molar-refractivity contribution in [3.8, 4) is 0 Å². The fourth-order valence-corrected chi connectivity index (χ4v) is 4.26. The van der Waals surface area contributed by atoms with Gasteiger partial charge < -0.3 is 4.74 Å². The highest BCUT2D eigenvalue weighted by molar-refractivity contribution is 8.24. The Bertz CT molecular complexity index is 389. The number of thioether (sulfide) groups is 1. The Kier molecular flexibility index (Phi) is 15.6. The minimum absolute atomic E-state index is 0.193. The second-order valence-corrected chi connectivity index (χ2v) is 9.55. The number of unbranched alkanes of at least 4 members (excludes halogenated alkanes) is 9. The molecule has 0 aromatic heterocycles. The van der Waals surface area contributed by atoms with Crippen molar-refractivity contribution >= 4 is 34.1 Å². The first-order valence-electron chi connectivity index (χ1n) is 9.94. The van der Waals surface area contributed by atoms with E-state index in [4.69, 9.17) is 17.0 Å². The molecule has 146 valence electrons. The largest absolute Gasteiger partial charge is 0.460 e. The number of ether oxygens (including phenoxy) is 1. The van der Waals surface area contributed by atoms with Crippen LogP contribution < -0.4 is 0 Å². The van der Waals surface area contributed by atoms with Gasteiger partial charge in [0.1, 0.15) is 11.4 Å². The zero-order valence-electron chi connectivity index (χ0n) is 16.8. The molecule has 0 unspecified atom stereocenters.